The molecule has 8 heteroatoms. The first kappa shape index (κ1) is 17.8. The van der Waals surface area contributed by atoms with Crippen molar-refractivity contribution in [2.24, 2.45) is 5.41 Å². The van der Waals surface area contributed by atoms with Crippen LogP contribution in [-0.4, -0.2) is 44.6 Å². The van der Waals surface area contributed by atoms with Gasteiger partial charge in [0.1, 0.15) is 0 Å². The molecule has 2 unspecified atom stereocenters. The number of aromatic nitrogens is 2. The molecule has 2 aromatic rings. The lowest BCUT2D eigenvalue weighted by Crippen LogP contribution is -2.10. The summed E-state index contributed by atoms with van der Waals surface area (Å²) >= 11 is 0. The predicted octanol–water partition coefficient (Wildman–Crippen LogP) is 2.65. The lowest BCUT2D eigenvalue weighted by molar-refractivity contribution is 0.324. The van der Waals surface area contributed by atoms with Crippen LogP contribution in [0.5, 0.6) is 17.2 Å². The van der Waals surface area contributed by atoms with Gasteiger partial charge < -0.3 is 24.1 Å². The number of methoxy groups -OCH3 is 3. The van der Waals surface area contributed by atoms with Gasteiger partial charge in [-0.3, -0.25) is 0 Å². The van der Waals surface area contributed by atoms with Gasteiger partial charge in [-0.25, -0.2) is 0 Å². The van der Waals surface area contributed by atoms with Gasteiger partial charge in [0.2, 0.25) is 17.5 Å². The van der Waals surface area contributed by atoms with Crippen LogP contribution in [0.25, 0.3) is 11.4 Å². The molecule has 1 saturated carbocycles. The highest BCUT2D eigenvalue weighted by atomic mass is 35.5. The molecule has 7 nitrogen and oxygen atoms in total. The maximum atomic E-state index is 5.53. The van der Waals surface area contributed by atoms with Crippen LogP contribution in [0, 0.1) is 5.41 Å². The van der Waals surface area contributed by atoms with E-state index in [0.29, 0.717) is 34.4 Å². The Balaban J connectivity index is 0.00000182. The molecule has 1 spiro atoms. The summed E-state index contributed by atoms with van der Waals surface area (Å²) in [4.78, 5) is 4.61. The second-order valence-electron chi connectivity index (χ2n) is 6.42. The molecular weight excluding hydrogens is 346 g/mol. The van der Waals surface area contributed by atoms with Gasteiger partial charge in [0.25, 0.3) is 0 Å². The Morgan fingerprint density at radius 3 is 2.44 bits per heavy atom. The number of benzene rings is 1. The number of ether oxygens (including phenoxy) is 3. The zero-order valence-corrected chi connectivity index (χ0v) is 15.3. The van der Waals surface area contributed by atoms with E-state index in [1.807, 2.05) is 12.1 Å². The van der Waals surface area contributed by atoms with Crippen molar-refractivity contribution < 1.29 is 18.7 Å². The molecule has 4 rings (SSSR count). The van der Waals surface area contributed by atoms with Crippen LogP contribution in [0.1, 0.15) is 24.7 Å². The molecule has 2 heterocycles. The fourth-order valence-corrected chi connectivity index (χ4v) is 3.64. The maximum absolute atomic E-state index is 5.53. The second kappa shape index (κ2) is 6.72. The summed E-state index contributed by atoms with van der Waals surface area (Å²) in [5.74, 6) is 3.32. The largest absolute Gasteiger partial charge is 0.493 e. The summed E-state index contributed by atoms with van der Waals surface area (Å²) in [6, 6.07) is 3.66. The SMILES string of the molecule is COc1cc(-c2noc(C3CC34CCNC4)n2)cc(OC)c1OC.Cl. The lowest BCUT2D eigenvalue weighted by atomic mass is 10.0. The standard InChI is InChI=1S/C17H21N3O4.ClH/c1-21-12-6-10(7-13(22-2)14(12)23-3)15-19-16(24-20-15)11-8-17(11)4-5-18-9-17;/h6-7,11,18H,4-5,8-9H2,1-3H3;1H. The third-order valence-corrected chi connectivity index (χ3v) is 5.13. The summed E-state index contributed by atoms with van der Waals surface area (Å²) in [7, 11) is 4.75. The van der Waals surface area contributed by atoms with E-state index in [-0.39, 0.29) is 12.4 Å². The van der Waals surface area contributed by atoms with E-state index in [1.54, 1.807) is 21.3 Å². The Morgan fingerprint density at radius 1 is 1.16 bits per heavy atom. The number of hydrogen-bond acceptors (Lipinski definition) is 7. The van der Waals surface area contributed by atoms with Crippen molar-refractivity contribution in [3.8, 4) is 28.6 Å². The maximum Gasteiger partial charge on any atom is 0.230 e. The summed E-state index contributed by atoms with van der Waals surface area (Å²) in [5.41, 5.74) is 1.11. The first-order chi connectivity index (χ1) is 11.7. The summed E-state index contributed by atoms with van der Waals surface area (Å²) < 4.78 is 21.6. The van der Waals surface area contributed by atoms with Crippen molar-refractivity contribution in [1.82, 2.24) is 15.5 Å². The molecule has 1 aromatic carbocycles. The molecule has 1 N–H and O–H groups in total. The number of rotatable bonds is 5. The smallest absolute Gasteiger partial charge is 0.230 e. The zero-order chi connectivity index (χ0) is 16.7. The normalized spacial score (nSPS) is 24.0. The fraction of sp³-hybridized carbons (Fsp3) is 0.529. The molecule has 0 bridgehead atoms. The predicted molar refractivity (Wildman–Crippen MR) is 93.9 cm³/mol. The molecule has 2 fully saturated rings. The van der Waals surface area contributed by atoms with Gasteiger partial charge in [0.15, 0.2) is 11.5 Å². The van der Waals surface area contributed by atoms with Crippen LogP contribution >= 0.6 is 12.4 Å². The Labute approximate surface area is 152 Å². The molecular formula is C17H22ClN3O4. The van der Waals surface area contributed by atoms with Crippen LogP contribution in [-0.2, 0) is 0 Å². The van der Waals surface area contributed by atoms with Crippen LogP contribution in [0.2, 0.25) is 0 Å². The quantitative estimate of drug-likeness (QED) is 0.870. The Kier molecular flexibility index (Phi) is 4.79. The highest BCUT2D eigenvalue weighted by molar-refractivity contribution is 5.85. The van der Waals surface area contributed by atoms with Gasteiger partial charge >= 0.3 is 0 Å². The molecule has 2 atom stereocenters. The third kappa shape index (κ3) is 2.91. The minimum Gasteiger partial charge on any atom is -0.493 e. The van der Waals surface area contributed by atoms with Crippen LogP contribution in [0.15, 0.2) is 16.7 Å². The minimum atomic E-state index is 0. The number of nitrogens with zero attached hydrogens (tertiary/aromatic N) is 2. The summed E-state index contributed by atoms with van der Waals surface area (Å²) in [6.45, 7) is 2.12. The molecule has 2 aliphatic rings. The van der Waals surface area contributed by atoms with Gasteiger partial charge in [-0.2, -0.15) is 4.98 Å². The van der Waals surface area contributed by atoms with E-state index >= 15 is 0 Å². The molecule has 1 aliphatic carbocycles. The minimum absolute atomic E-state index is 0. The Morgan fingerprint density at radius 2 is 1.88 bits per heavy atom. The van der Waals surface area contributed by atoms with Crippen LogP contribution in [0.4, 0.5) is 0 Å². The number of nitrogens with one attached hydrogen (secondary N) is 1. The number of hydrogen-bond donors (Lipinski definition) is 1. The average Bonchev–Trinajstić information content (AvgIpc) is 2.97. The topological polar surface area (TPSA) is 78.6 Å². The van der Waals surface area contributed by atoms with Gasteiger partial charge in [-0.05, 0) is 36.9 Å². The van der Waals surface area contributed by atoms with Crippen molar-refractivity contribution >= 4 is 12.4 Å². The van der Waals surface area contributed by atoms with Crippen molar-refractivity contribution in [3.05, 3.63) is 18.0 Å². The molecule has 1 aliphatic heterocycles. The first-order valence-electron chi connectivity index (χ1n) is 8.05. The molecule has 1 aromatic heterocycles. The summed E-state index contributed by atoms with van der Waals surface area (Å²) in [6.07, 6.45) is 2.30. The van der Waals surface area contributed by atoms with Crippen molar-refractivity contribution in [2.75, 3.05) is 34.4 Å². The molecule has 1 saturated heterocycles. The average molecular weight is 368 g/mol. The molecule has 25 heavy (non-hydrogen) atoms. The molecule has 0 amide bonds. The van der Waals surface area contributed by atoms with E-state index < -0.39 is 0 Å². The monoisotopic (exact) mass is 367 g/mol. The fourth-order valence-electron chi connectivity index (χ4n) is 3.64. The highest BCUT2D eigenvalue weighted by Gasteiger charge is 2.58. The van der Waals surface area contributed by atoms with Crippen LogP contribution in [0.3, 0.4) is 0 Å². The van der Waals surface area contributed by atoms with Crippen molar-refractivity contribution in [3.63, 3.8) is 0 Å². The third-order valence-electron chi connectivity index (χ3n) is 5.13. The van der Waals surface area contributed by atoms with E-state index in [1.165, 1.54) is 6.42 Å². The lowest BCUT2D eigenvalue weighted by Gasteiger charge is -2.12. The van der Waals surface area contributed by atoms with Gasteiger partial charge in [0, 0.05) is 18.0 Å². The van der Waals surface area contributed by atoms with Crippen molar-refractivity contribution in [1.29, 1.82) is 0 Å². The van der Waals surface area contributed by atoms with E-state index in [9.17, 15) is 0 Å². The molecule has 136 valence electrons. The van der Waals surface area contributed by atoms with E-state index in [0.717, 1.165) is 31.0 Å². The van der Waals surface area contributed by atoms with E-state index in [4.69, 9.17) is 18.7 Å². The van der Waals surface area contributed by atoms with Gasteiger partial charge in [0.05, 0.1) is 21.3 Å². The molecule has 0 radical (unpaired) electrons. The first-order valence-corrected chi connectivity index (χ1v) is 8.05. The number of halogens is 1. The summed E-state index contributed by atoms with van der Waals surface area (Å²) in [5, 5.41) is 7.57. The zero-order valence-electron chi connectivity index (χ0n) is 14.5. The van der Waals surface area contributed by atoms with E-state index in [2.05, 4.69) is 15.5 Å². The Bertz CT molecular complexity index is 733. The van der Waals surface area contributed by atoms with Crippen molar-refractivity contribution in [2.45, 2.75) is 18.8 Å². The van der Waals surface area contributed by atoms with Gasteiger partial charge in [-0.1, -0.05) is 5.16 Å². The second-order valence-corrected chi connectivity index (χ2v) is 6.42. The van der Waals surface area contributed by atoms with Crippen LogP contribution < -0.4 is 19.5 Å². The highest BCUT2D eigenvalue weighted by Crippen LogP contribution is 2.62. The Hall–Kier alpha value is -1.99. The van der Waals surface area contributed by atoms with Gasteiger partial charge in [-0.15, -0.1) is 12.4 Å².